The van der Waals surface area contributed by atoms with E-state index < -0.39 is 0 Å². The maximum Gasteiger partial charge on any atom is 0.257 e. The smallest absolute Gasteiger partial charge is 0.257 e. The number of thioether (sulfide) groups is 1. The van der Waals surface area contributed by atoms with Gasteiger partial charge in [-0.1, -0.05) is 60.4 Å². The zero-order valence-electron chi connectivity index (χ0n) is 16.8. The Hall–Kier alpha value is -2.71. The molecule has 8 heteroatoms. The molecule has 0 bridgehead atoms. The average molecular weight is 441 g/mol. The number of nitrogens with zero attached hydrogens (tertiary/aromatic N) is 2. The fourth-order valence-corrected chi connectivity index (χ4v) is 4.48. The highest BCUT2D eigenvalue weighted by Gasteiger charge is 2.11. The molecule has 3 rings (SSSR count). The van der Waals surface area contributed by atoms with Gasteiger partial charge < -0.3 is 5.32 Å². The summed E-state index contributed by atoms with van der Waals surface area (Å²) in [6, 6.07) is 17.2. The third-order valence-corrected chi connectivity index (χ3v) is 6.27. The van der Waals surface area contributed by atoms with Gasteiger partial charge in [-0.05, 0) is 49.1 Å². The van der Waals surface area contributed by atoms with E-state index in [1.807, 2.05) is 13.0 Å². The van der Waals surface area contributed by atoms with Crippen molar-refractivity contribution >= 4 is 45.7 Å². The first-order chi connectivity index (χ1) is 14.6. The highest BCUT2D eigenvalue weighted by atomic mass is 32.2. The number of hydrogen-bond acceptors (Lipinski definition) is 6. The third kappa shape index (κ3) is 6.96. The van der Waals surface area contributed by atoms with Crippen molar-refractivity contribution in [1.82, 2.24) is 10.2 Å². The summed E-state index contributed by atoms with van der Waals surface area (Å²) in [7, 11) is 0. The number of hydrogen-bond donors (Lipinski definition) is 2. The van der Waals surface area contributed by atoms with Crippen molar-refractivity contribution in [2.45, 2.75) is 36.9 Å². The molecule has 0 fully saturated rings. The molecule has 6 nitrogen and oxygen atoms in total. The minimum atomic E-state index is -0.252. The highest BCUT2D eigenvalue weighted by molar-refractivity contribution is 8.01. The topological polar surface area (TPSA) is 84.0 Å². The fourth-order valence-electron chi connectivity index (χ4n) is 2.72. The monoisotopic (exact) mass is 440 g/mol. The number of amides is 2. The SMILES string of the molecule is CCCC(=O)Nc1ccc(C(=O)Nc2nnc(SCCCc3ccccc3)s2)cc1. The van der Waals surface area contributed by atoms with Gasteiger partial charge in [-0.3, -0.25) is 14.9 Å². The van der Waals surface area contributed by atoms with Crippen molar-refractivity contribution in [3.05, 3.63) is 65.7 Å². The molecule has 1 heterocycles. The van der Waals surface area contributed by atoms with Crippen LogP contribution in [-0.2, 0) is 11.2 Å². The molecule has 0 atom stereocenters. The van der Waals surface area contributed by atoms with Crippen LogP contribution in [0, 0.1) is 0 Å². The molecular formula is C22H24N4O2S2. The van der Waals surface area contributed by atoms with Gasteiger partial charge in [0, 0.05) is 23.4 Å². The molecule has 2 N–H and O–H groups in total. The number of aromatic nitrogens is 2. The number of carbonyl (C=O) groups excluding carboxylic acids is 2. The van der Waals surface area contributed by atoms with Gasteiger partial charge in [0.15, 0.2) is 4.34 Å². The molecule has 0 spiro atoms. The van der Waals surface area contributed by atoms with Gasteiger partial charge in [-0.2, -0.15) is 0 Å². The van der Waals surface area contributed by atoms with Crippen LogP contribution in [0.5, 0.6) is 0 Å². The molecule has 0 aliphatic rings. The molecule has 2 amide bonds. The van der Waals surface area contributed by atoms with Crippen molar-refractivity contribution in [3.8, 4) is 0 Å². The molecule has 0 unspecified atom stereocenters. The quantitative estimate of drug-likeness (QED) is 0.255. The van der Waals surface area contributed by atoms with Crippen molar-refractivity contribution in [2.75, 3.05) is 16.4 Å². The standard InChI is InChI=1S/C22H24N4O2S2/c1-2-7-19(27)23-18-13-11-17(12-14-18)20(28)24-21-25-26-22(30-21)29-15-6-10-16-8-4-3-5-9-16/h3-5,8-9,11-14H,2,6-7,10,15H2,1H3,(H,23,27)(H,24,25,28). The van der Waals surface area contributed by atoms with E-state index in [-0.39, 0.29) is 11.8 Å². The summed E-state index contributed by atoms with van der Waals surface area (Å²) in [6.45, 7) is 1.95. The van der Waals surface area contributed by atoms with Crippen LogP contribution >= 0.6 is 23.1 Å². The Kier molecular flexibility index (Phi) is 8.41. The molecule has 156 valence electrons. The van der Waals surface area contributed by atoms with Crippen molar-refractivity contribution < 1.29 is 9.59 Å². The Balaban J connectivity index is 1.44. The van der Waals surface area contributed by atoms with Crippen LogP contribution in [0.3, 0.4) is 0 Å². The maximum atomic E-state index is 12.4. The van der Waals surface area contributed by atoms with Gasteiger partial charge in [-0.25, -0.2) is 0 Å². The summed E-state index contributed by atoms with van der Waals surface area (Å²) in [6.07, 6.45) is 3.36. The predicted molar refractivity (Wildman–Crippen MR) is 123 cm³/mol. The lowest BCUT2D eigenvalue weighted by molar-refractivity contribution is -0.116. The summed E-state index contributed by atoms with van der Waals surface area (Å²) in [5.41, 5.74) is 2.50. The number of benzene rings is 2. The fraction of sp³-hybridized carbons (Fsp3) is 0.273. The lowest BCUT2D eigenvalue weighted by atomic mass is 10.1. The number of rotatable bonds is 10. The third-order valence-electron chi connectivity index (χ3n) is 4.21. The molecule has 0 radical (unpaired) electrons. The first kappa shape index (κ1) is 22.0. The van der Waals surface area contributed by atoms with E-state index in [1.165, 1.54) is 16.9 Å². The number of carbonyl (C=O) groups is 2. The van der Waals surface area contributed by atoms with E-state index in [2.05, 4.69) is 45.1 Å². The van der Waals surface area contributed by atoms with Crippen LogP contribution in [0.1, 0.15) is 42.1 Å². The van der Waals surface area contributed by atoms with E-state index in [1.54, 1.807) is 36.0 Å². The molecule has 3 aromatic rings. The predicted octanol–water partition coefficient (Wildman–Crippen LogP) is 5.25. The van der Waals surface area contributed by atoms with Gasteiger partial charge >= 0.3 is 0 Å². The van der Waals surface area contributed by atoms with Crippen molar-refractivity contribution in [2.24, 2.45) is 0 Å². The Morgan fingerprint density at radius 1 is 1.00 bits per heavy atom. The van der Waals surface area contributed by atoms with Crippen molar-refractivity contribution in [1.29, 1.82) is 0 Å². The minimum Gasteiger partial charge on any atom is -0.326 e. The van der Waals surface area contributed by atoms with Crippen LogP contribution in [0.15, 0.2) is 58.9 Å². The summed E-state index contributed by atoms with van der Waals surface area (Å²) in [4.78, 5) is 24.0. The van der Waals surface area contributed by atoms with Gasteiger partial charge in [0.05, 0.1) is 0 Å². The normalized spacial score (nSPS) is 10.6. The van der Waals surface area contributed by atoms with Gasteiger partial charge in [0.25, 0.3) is 5.91 Å². The Labute approximate surface area is 184 Å². The molecule has 0 saturated heterocycles. The Morgan fingerprint density at radius 3 is 2.50 bits per heavy atom. The van der Waals surface area contributed by atoms with E-state index in [0.29, 0.717) is 22.8 Å². The van der Waals surface area contributed by atoms with Crippen LogP contribution < -0.4 is 10.6 Å². The molecule has 30 heavy (non-hydrogen) atoms. The number of aryl methyl sites for hydroxylation is 1. The first-order valence-corrected chi connectivity index (χ1v) is 11.7. The zero-order valence-corrected chi connectivity index (χ0v) is 18.4. The van der Waals surface area contributed by atoms with E-state index in [4.69, 9.17) is 0 Å². The van der Waals surface area contributed by atoms with E-state index in [9.17, 15) is 9.59 Å². The average Bonchev–Trinajstić information content (AvgIpc) is 3.20. The summed E-state index contributed by atoms with van der Waals surface area (Å²) in [5.74, 6) is 0.665. The summed E-state index contributed by atoms with van der Waals surface area (Å²) < 4.78 is 0.840. The molecule has 1 aromatic heterocycles. The Bertz CT molecular complexity index is 959. The largest absolute Gasteiger partial charge is 0.326 e. The highest BCUT2D eigenvalue weighted by Crippen LogP contribution is 2.26. The number of nitrogens with one attached hydrogen (secondary N) is 2. The second-order valence-corrected chi connectivity index (χ2v) is 8.96. The molecular weight excluding hydrogens is 416 g/mol. The summed E-state index contributed by atoms with van der Waals surface area (Å²) in [5, 5.41) is 14.3. The van der Waals surface area contributed by atoms with Gasteiger partial charge in [-0.15, -0.1) is 10.2 Å². The second-order valence-electron chi connectivity index (χ2n) is 6.64. The van der Waals surface area contributed by atoms with E-state index in [0.717, 1.165) is 29.4 Å². The first-order valence-electron chi connectivity index (χ1n) is 9.85. The van der Waals surface area contributed by atoms with Crippen LogP contribution in [-0.4, -0.2) is 27.8 Å². The minimum absolute atomic E-state index is 0.0302. The lowest BCUT2D eigenvalue weighted by Gasteiger charge is -2.05. The number of anilines is 2. The Morgan fingerprint density at radius 2 is 1.77 bits per heavy atom. The van der Waals surface area contributed by atoms with Crippen molar-refractivity contribution in [3.63, 3.8) is 0 Å². The van der Waals surface area contributed by atoms with Crippen LogP contribution in [0.25, 0.3) is 0 Å². The lowest BCUT2D eigenvalue weighted by Crippen LogP contribution is -2.13. The molecule has 2 aromatic carbocycles. The van der Waals surface area contributed by atoms with Crippen LogP contribution in [0.2, 0.25) is 0 Å². The van der Waals surface area contributed by atoms with Gasteiger partial charge in [0.1, 0.15) is 0 Å². The zero-order chi connectivity index (χ0) is 21.2. The molecule has 0 aliphatic heterocycles. The van der Waals surface area contributed by atoms with Crippen LogP contribution in [0.4, 0.5) is 10.8 Å². The second kappa shape index (κ2) is 11.5. The molecule has 0 saturated carbocycles. The molecule has 0 aliphatic carbocycles. The maximum absolute atomic E-state index is 12.4. The van der Waals surface area contributed by atoms with Gasteiger partial charge in [0.2, 0.25) is 11.0 Å². The summed E-state index contributed by atoms with van der Waals surface area (Å²) >= 11 is 3.02. The van der Waals surface area contributed by atoms with E-state index >= 15 is 0 Å².